The lowest BCUT2D eigenvalue weighted by Crippen LogP contribution is -2.66. The van der Waals surface area contributed by atoms with Crippen LogP contribution in [0.15, 0.2) is 12.2 Å². The molecule has 0 aromatic heterocycles. The molecule has 17 unspecified atom stereocenters. The zero-order valence-electron chi connectivity index (χ0n) is 47.2. The Labute approximate surface area is 461 Å². The Morgan fingerprint density at radius 3 is 1.19 bits per heavy atom. The number of hydrogen-bond donors (Lipinski definition) is 12. The highest BCUT2D eigenvalue weighted by Crippen LogP contribution is 2.33. The van der Waals surface area contributed by atoms with Crippen LogP contribution in [0.4, 0.5) is 0 Å². The van der Waals surface area contributed by atoms with Crippen LogP contribution in [0.5, 0.6) is 0 Å². The monoisotopic (exact) mass is 1110 g/mol. The minimum Gasteiger partial charge on any atom is -0.394 e. The van der Waals surface area contributed by atoms with Crippen LogP contribution < -0.4 is 5.32 Å². The van der Waals surface area contributed by atoms with Gasteiger partial charge in [-0.05, 0) is 12.8 Å². The number of hydrogen-bond acceptors (Lipinski definition) is 18. The van der Waals surface area contributed by atoms with Crippen molar-refractivity contribution in [2.75, 3.05) is 26.4 Å². The van der Waals surface area contributed by atoms with Crippen molar-refractivity contribution in [1.82, 2.24) is 5.32 Å². The molecule has 3 heterocycles. The molecule has 3 saturated heterocycles. The van der Waals surface area contributed by atoms with E-state index in [1.165, 1.54) is 161 Å². The molecule has 3 aliphatic rings. The first-order valence-corrected chi connectivity index (χ1v) is 30.4. The van der Waals surface area contributed by atoms with Gasteiger partial charge in [0.05, 0.1) is 38.6 Å². The fourth-order valence-corrected chi connectivity index (χ4v) is 10.6. The van der Waals surface area contributed by atoms with Gasteiger partial charge in [0.15, 0.2) is 18.9 Å². The lowest BCUT2D eigenvalue weighted by molar-refractivity contribution is -0.379. The number of aliphatic hydroxyl groups is 11. The molecule has 19 heteroatoms. The molecule has 0 aromatic carbocycles. The summed E-state index contributed by atoms with van der Waals surface area (Å²) in [5.74, 6) is -0.284. The number of nitrogens with one attached hydrogen (secondary N) is 1. The van der Waals surface area contributed by atoms with E-state index in [4.69, 9.17) is 28.4 Å². The zero-order valence-corrected chi connectivity index (χ0v) is 47.2. The Bertz CT molecular complexity index is 1460. The van der Waals surface area contributed by atoms with E-state index in [0.29, 0.717) is 12.8 Å². The first-order valence-electron chi connectivity index (χ1n) is 30.4. The topological polar surface area (TPSA) is 307 Å². The van der Waals surface area contributed by atoms with Crippen molar-refractivity contribution in [2.24, 2.45) is 0 Å². The molecule has 77 heavy (non-hydrogen) atoms. The highest BCUT2D eigenvalue weighted by molar-refractivity contribution is 5.76. The SMILES string of the molecule is CCC/C=C/C(O)C(COC1OC(CO)C(OC2OC(CO)C(OC3OC(CO)C(O)C(O)C3O)C(O)C2O)C(O)C1O)NC(=O)CCCCCCCCCCCCCCCCCCCCCCCCCCCCCCC. The number of unbranched alkanes of at least 4 members (excludes halogenated alkanes) is 29. The summed E-state index contributed by atoms with van der Waals surface area (Å²) < 4.78 is 34.0. The van der Waals surface area contributed by atoms with Gasteiger partial charge in [0.2, 0.25) is 5.91 Å². The standard InChI is InChI=1S/C58H109NO18/c1-3-5-7-8-9-10-11-12-13-14-15-16-17-18-19-20-21-22-23-24-25-26-27-28-29-30-31-32-34-36-46(64)59-41(42(63)35-33-6-4-2)40-72-56-52(70)49(67)54(44(38-61)74-56)77-58-53(71)50(68)55(45(39-62)75-58)76-57-51(69)48(66)47(65)43(37-60)73-57/h33,35,41-45,47-58,60-63,65-71H,3-32,34,36-40H2,1-2H3,(H,59,64)/b35-33+. The quantitative estimate of drug-likeness (QED) is 0.0269. The lowest BCUT2D eigenvalue weighted by atomic mass is 9.96. The summed E-state index contributed by atoms with van der Waals surface area (Å²) in [6.45, 7) is 1.50. The number of carbonyl (C=O) groups is 1. The van der Waals surface area contributed by atoms with Crippen LogP contribution in [0.3, 0.4) is 0 Å². The van der Waals surface area contributed by atoms with E-state index in [1.54, 1.807) is 12.2 Å². The summed E-state index contributed by atoms with van der Waals surface area (Å²) in [5.41, 5.74) is 0. The number of aliphatic hydroxyl groups excluding tert-OH is 11. The molecule has 17 atom stereocenters. The predicted octanol–water partition coefficient (Wildman–Crippen LogP) is 5.38. The number of ether oxygens (including phenoxy) is 6. The van der Waals surface area contributed by atoms with Gasteiger partial charge < -0.3 is 89.9 Å². The van der Waals surface area contributed by atoms with Gasteiger partial charge in [-0.15, -0.1) is 0 Å². The molecule has 0 aliphatic carbocycles. The highest BCUT2D eigenvalue weighted by Gasteiger charge is 2.53. The molecule has 12 N–H and O–H groups in total. The second-order valence-electron chi connectivity index (χ2n) is 22.2. The highest BCUT2D eigenvalue weighted by atomic mass is 16.8. The van der Waals surface area contributed by atoms with Crippen LogP contribution >= 0.6 is 0 Å². The molecular weight excluding hydrogens is 999 g/mol. The largest absolute Gasteiger partial charge is 0.394 e. The van der Waals surface area contributed by atoms with Crippen molar-refractivity contribution in [3.63, 3.8) is 0 Å². The molecule has 3 rings (SSSR count). The molecule has 0 aromatic rings. The van der Waals surface area contributed by atoms with Crippen LogP contribution in [0, 0.1) is 0 Å². The van der Waals surface area contributed by atoms with Crippen LogP contribution in [-0.2, 0) is 33.2 Å². The van der Waals surface area contributed by atoms with Gasteiger partial charge in [0.1, 0.15) is 73.2 Å². The summed E-state index contributed by atoms with van der Waals surface area (Å²) in [6, 6.07) is -0.963. The molecule has 0 spiro atoms. The van der Waals surface area contributed by atoms with Crippen molar-refractivity contribution in [3.05, 3.63) is 12.2 Å². The fraction of sp³-hybridized carbons (Fsp3) is 0.948. The third kappa shape index (κ3) is 26.5. The van der Waals surface area contributed by atoms with Crippen molar-refractivity contribution < 1.29 is 89.4 Å². The van der Waals surface area contributed by atoms with Gasteiger partial charge in [-0.25, -0.2) is 0 Å². The van der Waals surface area contributed by atoms with Gasteiger partial charge >= 0.3 is 0 Å². The van der Waals surface area contributed by atoms with Gasteiger partial charge in [-0.2, -0.15) is 0 Å². The van der Waals surface area contributed by atoms with E-state index in [1.807, 2.05) is 6.92 Å². The van der Waals surface area contributed by atoms with Gasteiger partial charge in [-0.1, -0.05) is 212 Å². The van der Waals surface area contributed by atoms with Gasteiger partial charge in [0.25, 0.3) is 0 Å². The van der Waals surface area contributed by atoms with E-state index in [0.717, 1.165) is 25.7 Å². The Morgan fingerprint density at radius 2 is 0.805 bits per heavy atom. The van der Waals surface area contributed by atoms with Crippen LogP contribution in [0.2, 0.25) is 0 Å². The van der Waals surface area contributed by atoms with Crippen molar-refractivity contribution in [3.8, 4) is 0 Å². The van der Waals surface area contributed by atoms with Crippen LogP contribution in [-0.4, -0.2) is 193 Å². The average molecular weight is 1110 g/mol. The van der Waals surface area contributed by atoms with E-state index in [-0.39, 0.29) is 18.9 Å². The summed E-state index contributed by atoms with van der Waals surface area (Å²) >= 11 is 0. The lowest BCUT2D eigenvalue weighted by Gasteiger charge is -2.48. The van der Waals surface area contributed by atoms with Crippen LogP contribution in [0.1, 0.15) is 219 Å². The van der Waals surface area contributed by atoms with E-state index in [9.17, 15) is 61.0 Å². The minimum atomic E-state index is -1.97. The smallest absolute Gasteiger partial charge is 0.220 e. The van der Waals surface area contributed by atoms with E-state index >= 15 is 0 Å². The second-order valence-corrected chi connectivity index (χ2v) is 22.2. The maximum Gasteiger partial charge on any atom is 0.220 e. The predicted molar refractivity (Wildman–Crippen MR) is 291 cm³/mol. The van der Waals surface area contributed by atoms with Gasteiger partial charge in [0, 0.05) is 6.42 Å². The molecule has 454 valence electrons. The molecule has 19 nitrogen and oxygen atoms in total. The number of amides is 1. The second kappa shape index (κ2) is 42.4. The summed E-state index contributed by atoms with van der Waals surface area (Å²) in [7, 11) is 0. The Kier molecular flexibility index (Phi) is 38.4. The third-order valence-corrected chi connectivity index (χ3v) is 15.6. The van der Waals surface area contributed by atoms with Gasteiger partial charge in [-0.3, -0.25) is 4.79 Å². The maximum atomic E-state index is 13.1. The molecule has 0 radical (unpaired) electrons. The Balaban J connectivity index is 1.28. The van der Waals surface area contributed by atoms with E-state index < -0.39 is 124 Å². The minimum absolute atomic E-state index is 0.246. The molecular formula is C58H109NO18. The zero-order chi connectivity index (χ0) is 56.2. The number of carbonyl (C=O) groups excluding carboxylic acids is 1. The third-order valence-electron chi connectivity index (χ3n) is 15.6. The number of rotatable bonds is 45. The summed E-state index contributed by atoms with van der Waals surface area (Å²) in [4.78, 5) is 13.1. The normalized spacial score (nSPS) is 30.7. The van der Waals surface area contributed by atoms with Crippen molar-refractivity contribution in [2.45, 2.75) is 324 Å². The van der Waals surface area contributed by atoms with Crippen LogP contribution in [0.25, 0.3) is 0 Å². The first-order chi connectivity index (χ1) is 37.3. The summed E-state index contributed by atoms with van der Waals surface area (Å²) in [5, 5.41) is 119. The molecule has 1 amide bonds. The molecule has 3 aliphatic heterocycles. The molecule has 3 fully saturated rings. The van der Waals surface area contributed by atoms with Crippen molar-refractivity contribution >= 4 is 5.91 Å². The molecule has 0 bridgehead atoms. The average Bonchev–Trinajstić information content (AvgIpc) is 3.43. The Hall–Kier alpha value is -1.47. The number of allylic oxidation sites excluding steroid dienone is 1. The Morgan fingerprint density at radius 1 is 0.455 bits per heavy atom. The summed E-state index contributed by atoms with van der Waals surface area (Å²) in [6.07, 6.45) is 16.5. The first kappa shape index (κ1) is 69.8. The fourth-order valence-electron chi connectivity index (χ4n) is 10.6. The van der Waals surface area contributed by atoms with E-state index in [2.05, 4.69) is 12.2 Å². The maximum absolute atomic E-state index is 13.1. The van der Waals surface area contributed by atoms with Crippen molar-refractivity contribution in [1.29, 1.82) is 0 Å². The molecule has 0 saturated carbocycles.